The quantitative estimate of drug-likeness (QED) is 0.850. The predicted molar refractivity (Wildman–Crippen MR) is 99.6 cm³/mol. The number of benzene rings is 2. The van der Waals surface area contributed by atoms with Crippen molar-refractivity contribution in [3.8, 4) is 6.07 Å². The Bertz CT molecular complexity index is 868. The molecule has 2 aromatic carbocycles. The summed E-state index contributed by atoms with van der Waals surface area (Å²) < 4.78 is 15.1. The molecule has 1 saturated heterocycles. The molecule has 27 heavy (non-hydrogen) atoms. The number of carbonyl (C=O) groups excluding carboxylic acids is 2. The third-order valence-electron chi connectivity index (χ3n) is 4.75. The molecule has 0 bridgehead atoms. The molecule has 3 rings (SSSR count). The maximum atomic E-state index is 15.1. The number of alkyl halides is 1. The van der Waals surface area contributed by atoms with Crippen LogP contribution in [0, 0.1) is 11.3 Å². The summed E-state index contributed by atoms with van der Waals surface area (Å²) in [5.41, 5.74) is 0.333. The number of amides is 2. The van der Waals surface area contributed by atoms with Crippen LogP contribution in [0.25, 0.3) is 0 Å². The second-order valence-electron chi connectivity index (χ2n) is 6.75. The number of rotatable bonds is 3. The molecule has 0 atom stereocenters. The van der Waals surface area contributed by atoms with Crippen LogP contribution in [0.5, 0.6) is 0 Å². The summed E-state index contributed by atoms with van der Waals surface area (Å²) in [5.74, 6) is -1.46. The fourth-order valence-corrected chi connectivity index (χ4v) is 3.24. The van der Waals surface area contributed by atoms with Gasteiger partial charge in [0.15, 0.2) is 0 Å². The lowest BCUT2D eigenvalue weighted by Crippen LogP contribution is -2.48. The van der Waals surface area contributed by atoms with Crippen molar-refractivity contribution in [3.63, 3.8) is 0 Å². The zero-order chi connectivity index (χ0) is 19.3. The minimum atomic E-state index is -1.37. The van der Waals surface area contributed by atoms with Gasteiger partial charge in [0.25, 0.3) is 0 Å². The smallest absolute Gasteiger partial charge is 0.313 e. The molecular formula is C21H20FN3O2. The first-order valence-corrected chi connectivity index (χ1v) is 8.82. The summed E-state index contributed by atoms with van der Waals surface area (Å²) in [7, 11) is 0. The topological polar surface area (TPSA) is 73.2 Å². The van der Waals surface area contributed by atoms with Crippen LogP contribution in [-0.4, -0.2) is 35.5 Å². The highest BCUT2D eigenvalue weighted by atomic mass is 19.1. The van der Waals surface area contributed by atoms with E-state index in [0.717, 1.165) is 5.56 Å². The van der Waals surface area contributed by atoms with Gasteiger partial charge in [-0.1, -0.05) is 36.4 Å². The number of piperidine rings is 1. The zero-order valence-electron chi connectivity index (χ0n) is 14.8. The van der Waals surface area contributed by atoms with Crippen molar-refractivity contribution in [1.29, 1.82) is 5.26 Å². The first-order valence-electron chi connectivity index (χ1n) is 8.82. The molecule has 138 valence electrons. The average Bonchev–Trinajstić information content (AvgIpc) is 2.68. The lowest BCUT2D eigenvalue weighted by Gasteiger charge is -2.36. The molecule has 2 amide bonds. The van der Waals surface area contributed by atoms with Crippen molar-refractivity contribution in [2.45, 2.75) is 24.9 Å². The number of hydrogen-bond donors (Lipinski definition) is 1. The largest absolute Gasteiger partial charge is 0.334 e. The van der Waals surface area contributed by atoms with Gasteiger partial charge in [0.05, 0.1) is 11.6 Å². The lowest BCUT2D eigenvalue weighted by atomic mass is 9.87. The summed E-state index contributed by atoms with van der Waals surface area (Å²) in [4.78, 5) is 25.9. The number of hydrogen-bond acceptors (Lipinski definition) is 3. The molecule has 6 heteroatoms. The minimum absolute atomic E-state index is 0.199. The fourth-order valence-electron chi connectivity index (χ4n) is 3.24. The van der Waals surface area contributed by atoms with Crippen LogP contribution in [0.15, 0.2) is 54.6 Å². The molecule has 1 aliphatic rings. The van der Waals surface area contributed by atoms with E-state index in [1.54, 1.807) is 18.2 Å². The second kappa shape index (κ2) is 8.00. The maximum absolute atomic E-state index is 15.1. The van der Waals surface area contributed by atoms with Crippen LogP contribution in [0.1, 0.15) is 24.0 Å². The third kappa shape index (κ3) is 4.70. The van der Waals surface area contributed by atoms with Crippen molar-refractivity contribution >= 4 is 17.5 Å². The summed E-state index contributed by atoms with van der Waals surface area (Å²) in [6, 6.07) is 17.7. The van der Waals surface area contributed by atoms with Crippen LogP contribution in [-0.2, 0) is 16.0 Å². The summed E-state index contributed by atoms with van der Waals surface area (Å²) in [5, 5.41) is 11.4. The molecule has 1 aliphatic heterocycles. The summed E-state index contributed by atoms with van der Waals surface area (Å²) in [6.07, 6.45) is 0.707. The SMILES string of the molecule is N#Cc1cccc(NC(=O)C(=O)N2CCC(F)(Cc3ccccc3)CC2)c1. The van der Waals surface area contributed by atoms with Gasteiger partial charge in [-0.05, 0) is 36.6 Å². The van der Waals surface area contributed by atoms with Crippen molar-refractivity contribution in [2.24, 2.45) is 0 Å². The number of halogens is 1. The lowest BCUT2D eigenvalue weighted by molar-refractivity contribution is -0.145. The molecule has 1 fully saturated rings. The number of carbonyl (C=O) groups is 2. The van der Waals surface area contributed by atoms with Gasteiger partial charge in [-0.3, -0.25) is 9.59 Å². The molecule has 5 nitrogen and oxygen atoms in total. The Hall–Kier alpha value is -3.20. The second-order valence-corrected chi connectivity index (χ2v) is 6.75. The van der Waals surface area contributed by atoms with Crippen LogP contribution in [0.2, 0.25) is 0 Å². The molecular weight excluding hydrogens is 345 g/mol. The van der Waals surface area contributed by atoms with E-state index in [-0.39, 0.29) is 25.9 Å². The monoisotopic (exact) mass is 365 g/mol. The molecule has 0 unspecified atom stereocenters. The summed E-state index contributed by atoms with van der Waals surface area (Å²) >= 11 is 0. The van der Waals surface area contributed by atoms with E-state index in [0.29, 0.717) is 17.7 Å². The number of anilines is 1. The van der Waals surface area contributed by atoms with E-state index < -0.39 is 17.5 Å². The van der Waals surface area contributed by atoms with E-state index in [1.807, 2.05) is 36.4 Å². The molecule has 0 saturated carbocycles. The Labute approximate surface area is 157 Å². The number of nitriles is 1. The molecule has 0 aromatic heterocycles. The fraction of sp³-hybridized carbons (Fsp3) is 0.286. The van der Waals surface area contributed by atoms with E-state index in [2.05, 4.69) is 5.32 Å². The molecule has 0 aliphatic carbocycles. The Morgan fingerprint density at radius 1 is 1.11 bits per heavy atom. The van der Waals surface area contributed by atoms with Gasteiger partial charge in [-0.2, -0.15) is 5.26 Å². The third-order valence-corrected chi connectivity index (χ3v) is 4.75. The minimum Gasteiger partial charge on any atom is -0.334 e. The highest BCUT2D eigenvalue weighted by Crippen LogP contribution is 2.30. The van der Waals surface area contributed by atoms with Gasteiger partial charge >= 0.3 is 11.8 Å². The first-order chi connectivity index (χ1) is 13.0. The van der Waals surface area contributed by atoms with Crippen molar-refractivity contribution < 1.29 is 14.0 Å². The molecule has 2 aromatic rings. The first kappa shape index (κ1) is 18.6. The molecule has 0 radical (unpaired) electrons. The summed E-state index contributed by atoms with van der Waals surface area (Å²) in [6.45, 7) is 0.404. The predicted octanol–water partition coefficient (Wildman–Crippen LogP) is 3.07. The maximum Gasteiger partial charge on any atom is 0.313 e. The Balaban J connectivity index is 1.56. The van der Waals surface area contributed by atoms with Gasteiger partial charge in [-0.25, -0.2) is 4.39 Å². The van der Waals surface area contributed by atoms with Crippen LogP contribution < -0.4 is 5.32 Å². The van der Waals surface area contributed by atoms with Gasteiger partial charge in [0.1, 0.15) is 5.67 Å². The van der Waals surface area contributed by atoms with E-state index >= 15 is 4.39 Å². The van der Waals surface area contributed by atoms with Crippen molar-refractivity contribution in [1.82, 2.24) is 4.90 Å². The normalized spacial score (nSPS) is 15.6. The molecule has 1 heterocycles. The molecule has 0 spiro atoms. The number of nitrogens with zero attached hydrogens (tertiary/aromatic N) is 2. The van der Waals surface area contributed by atoms with Crippen LogP contribution >= 0.6 is 0 Å². The van der Waals surface area contributed by atoms with Crippen LogP contribution in [0.3, 0.4) is 0 Å². The van der Waals surface area contributed by atoms with Gasteiger partial charge < -0.3 is 10.2 Å². The average molecular weight is 365 g/mol. The van der Waals surface area contributed by atoms with Gasteiger partial charge in [-0.15, -0.1) is 0 Å². The highest BCUT2D eigenvalue weighted by Gasteiger charge is 2.37. The Morgan fingerprint density at radius 3 is 2.48 bits per heavy atom. The Morgan fingerprint density at radius 2 is 1.81 bits per heavy atom. The zero-order valence-corrected chi connectivity index (χ0v) is 14.8. The van der Waals surface area contributed by atoms with E-state index in [1.165, 1.54) is 11.0 Å². The number of likely N-dealkylation sites (tertiary alicyclic amines) is 1. The number of nitrogens with one attached hydrogen (secondary N) is 1. The van der Waals surface area contributed by atoms with Crippen LogP contribution in [0.4, 0.5) is 10.1 Å². The highest BCUT2D eigenvalue weighted by molar-refractivity contribution is 6.39. The van der Waals surface area contributed by atoms with E-state index in [9.17, 15) is 9.59 Å². The van der Waals surface area contributed by atoms with Crippen molar-refractivity contribution in [3.05, 3.63) is 65.7 Å². The van der Waals surface area contributed by atoms with Gasteiger partial charge in [0.2, 0.25) is 0 Å². The van der Waals surface area contributed by atoms with Crippen molar-refractivity contribution in [2.75, 3.05) is 18.4 Å². The van der Waals surface area contributed by atoms with E-state index in [4.69, 9.17) is 5.26 Å². The van der Waals surface area contributed by atoms with Gasteiger partial charge in [0, 0.05) is 25.2 Å². The molecule has 1 N–H and O–H groups in total. The Kier molecular flexibility index (Phi) is 5.51. The standard InChI is InChI=1S/C21H20FN3O2/c22-21(14-16-5-2-1-3-6-16)9-11-25(12-10-21)20(27)19(26)24-18-8-4-7-17(13-18)15-23/h1-8,13H,9-12,14H2,(H,24,26).